The van der Waals surface area contributed by atoms with Crippen LogP contribution in [0.25, 0.3) is 0 Å². The first-order chi connectivity index (χ1) is 8.68. The van der Waals surface area contributed by atoms with Crippen LogP contribution in [-0.4, -0.2) is 36.6 Å². The van der Waals surface area contributed by atoms with Gasteiger partial charge in [-0.25, -0.2) is 0 Å². The van der Waals surface area contributed by atoms with Crippen LogP contribution in [0, 0.1) is 5.41 Å². The first-order valence-corrected chi connectivity index (χ1v) is 8.16. The fraction of sp³-hybridized carbons (Fsp3) is 1.00. The summed E-state index contributed by atoms with van der Waals surface area (Å²) in [5, 5.41) is 3.77. The van der Waals surface area contributed by atoms with Gasteiger partial charge in [0.15, 0.2) is 0 Å². The zero-order chi connectivity index (χ0) is 13.0. The zero-order valence-corrected chi connectivity index (χ0v) is 12.7. The molecule has 2 atom stereocenters. The normalized spacial score (nSPS) is 32.8. The Morgan fingerprint density at radius 1 is 1.17 bits per heavy atom. The van der Waals surface area contributed by atoms with Crippen molar-refractivity contribution in [2.45, 2.75) is 77.8 Å². The molecule has 2 fully saturated rings. The van der Waals surface area contributed by atoms with Crippen LogP contribution in [0.2, 0.25) is 0 Å². The van der Waals surface area contributed by atoms with E-state index in [0.717, 1.165) is 12.1 Å². The lowest BCUT2D eigenvalue weighted by atomic mass is 9.78. The van der Waals surface area contributed by atoms with Crippen molar-refractivity contribution in [2.24, 2.45) is 5.41 Å². The summed E-state index contributed by atoms with van der Waals surface area (Å²) in [7, 11) is 0. The van der Waals surface area contributed by atoms with Gasteiger partial charge in [-0.05, 0) is 57.2 Å². The van der Waals surface area contributed by atoms with Gasteiger partial charge in [0.05, 0.1) is 0 Å². The quantitative estimate of drug-likeness (QED) is 0.806. The lowest BCUT2D eigenvalue weighted by Crippen LogP contribution is -2.51. The molecule has 0 amide bonds. The Labute approximate surface area is 114 Å². The minimum absolute atomic E-state index is 0.626. The summed E-state index contributed by atoms with van der Waals surface area (Å²) in [6.07, 6.45) is 9.66. The lowest BCUT2D eigenvalue weighted by Gasteiger charge is -2.43. The van der Waals surface area contributed by atoms with E-state index in [-0.39, 0.29) is 0 Å². The van der Waals surface area contributed by atoms with Crippen molar-refractivity contribution >= 4 is 0 Å². The molecule has 2 heteroatoms. The van der Waals surface area contributed by atoms with Gasteiger partial charge in [0.2, 0.25) is 0 Å². The Bertz CT molecular complexity index is 243. The van der Waals surface area contributed by atoms with E-state index in [1.165, 1.54) is 64.6 Å². The minimum atomic E-state index is 0.626. The third-order valence-electron chi connectivity index (χ3n) is 5.46. The van der Waals surface area contributed by atoms with Crippen molar-refractivity contribution in [1.29, 1.82) is 0 Å². The van der Waals surface area contributed by atoms with Crippen LogP contribution < -0.4 is 5.32 Å². The van der Waals surface area contributed by atoms with Crippen molar-refractivity contribution in [3.8, 4) is 0 Å². The molecule has 0 spiro atoms. The number of hydrogen-bond acceptors (Lipinski definition) is 2. The molecule has 2 aliphatic rings. The monoisotopic (exact) mass is 252 g/mol. The van der Waals surface area contributed by atoms with Crippen LogP contribution in [0.5, 0.6) is 0 Å². The third kappa shape index (κ3) is 3.27. The highest BCUT2D eigenvalue weighted by Crippen LogP contribution is 2.36. The maximum atomic E-state index is 3.77. The Kier molecular flexibility index (Phi) is 5.08. The first-order valence-electron chi connectivity index (χ1n) is 8.16. The summed E-state index contributed by atoms with van der Waals surface area (Å²) in [5.74, 6) is 0. The molecule has 2 rings (SSSR count). The average molecular weight is 252 g/mol. The van der Waals surface area contributed by atoms with Crippen molar-refractivity contribution in [3.63, 3.8) is 0 Å². The van der Waals surface area contributed by atoms with Crippen molar-refractivity contribution in [1.82, 2.24) is 10.2 Å². The van der Waals surface area contributed by atoms with Crippen molar-refractivity contribution < 1.29 is 0 Å². The summed E-state index contributed by atoms with van der Waals surface area (Å²) in [6, 6.07) is 1.61. The van der Waals surface area contributed by atoms with E-state index in [0.29, 0.717) is 5.41 Å². The largest absolute Gasteiger partial charge is 0.312 e. The summed E-state index contributed by atoms with van der Waals surface area (Å²) in [5.41, 5.74) is 0.626. The zero-order valence-electron chi connectivity index (χ0n) is 12.7. The molecule has 0 bridgehead atoms. The van der Waals surface area contributed by atoms with E-state index < -0.39 is 0 Å². The Morgan fingerprint density at radius 2 is 1.89 bits per heavy atom. The third-order valence-corrected chi connectivity index (χ3v) is 5.46. The van der Waals surface area contributed by atoms with Gasteiger partial charge in [0, 0.05) is 12.1 Å². The molecule has 0 radical (unpaired) electrons. The maximum Gasteiger partial charge on any atom is 0.0249 e. The number of piperidine rings is 1. The van der Waals surface area contributed by atoms with Gasteiger partial charge in [0.1, 0.15) is 0 Å². The predicted molar refractivity (Wildman–Crippen MR) is 78.9 cm³/mol. The van der Waals surface area contributed by atoms with Gasteiger partial charge in [-0.2, -0.15) is 0 Å². The van der Waals surface area contributed by atoms with Crippen LogP contribution in [0.3, 0.4) is 0 Å². The lowest BCUT2D eigenvalue weighted by molar-refractivity contribution is 0.0724. The van der Waals surface area contributed by atoms with Gasteiger partial charge in [-0.3, -0.25) is 4.90 Å². The molecule has 0 aromatic rings. The van der Waals surface area contributed by atoms with Gasteiger partial charge in [-0.1, -0.05) is 33.6 Å². The molecule has 0 aromatic carbocycles. The molecule has 18 heavy (non-hydrogen) atoms. The molecule has 1 saturated heterocycles. The molecular formula is C16H32N2. The number of nitrogens with one attached hydrogen (secondary N) is 1. The molecule has 1 heterocycles. The Balaban J connectivity index is 1.84. The van der Waals surface area contributed by atoms with Crippen LogP contribution in [0.1, 0.15) is 65.7 Å². The maximum absolute atomic E-state index is 3.77. The van der Waals surface area contributed by atoms with Crippen molar-refractivity contribution in [3.05, 3.63) is 0 Å². The summed E-state index contributed by atoms with van der Waals surface area (Å²) >= 11 is 0. The average Bonchev–Trinajstić information content (AvgIpc) is 2.85. The summed E-state index contributed by atoms with van der Waals surface area (Å²) < 4.78 is 0. The molecule has 1 N–H and O–H groups in total. The minimum Gasteiger partial charge on any atom is -0.312 e. The van der Waals surface area contributed by atoms with Crippen LogP contribution in [0.4, 0.5) is 0 Å². The SMILES string of the molecule is CCCNC1CCCC1N1CCC(C)(CC)CC1. The number of likely N-dealkylation sites (tertiary alicyclic amines) is 1. The van der Waals surface area contributed by atoms with E-state index in [4.69, 9.17) is 0 Å². The van der Waals surface area contributed by atoms with E-state index in [9.17, 15) is 0 Å². The highest BCUT2D eigenvalue weighted by atomic mass is 15.2. The van der Waals surface area contributed by atoms with E-state index >= 15 is 0 Å². The molecule has 2 unspecified atom stereocenters. The topological polar surface area (TPSA) is 15.3 Å². The van der Waals surface area contributed by atoms with Gasteiger partial charge in [-0.15, -0.1) is 0 Å². The fourth-order valence-corrected chi connectivity index (χ4v) is 3.69. The van der Waals surface area contributed by atoms with Gasteiger partial charge < -0.3 is 5.32 Å². The van der Waals surface area contributed by atoms with E-state index in [1.54, 1.807) is 0 Å². The second-order valence-electron chi connectivity index (χ2n) is 6.76. The number of rotatable bonds is 5. The number of nitrogens with zero attached hydrogens (tertiary/aromatic N) is 1. The van der Waals surface area contributed by atoms with E-state index in [2.05, 4.69) is 31.0 Å². The molecule has 2 nitrogen and oxygen atoms in total. The molecule has 1 aliphatic heterocycles. The first kappa shape index (κ1) is 14.3. The Morgan fingerprint density at radius 3 is 2.50 bits per heavy atom. The Hall–Kier alpha value is -0.0800. The van der Waals surface area contributed by atoms with Crippen LogP contribution >= 0.6 is 0 Å². The molecular weight excluding hydrogens is 220 g/mol. The molecule has 106 valence electrons. The number of hydrogen-bond donors (Lipinski definition) is 1. The molecule has 0 aromatic heterocycles. The highest BCUT2D eigenvalue weighted by molar-refractivity contribution is 4.93. The summed E-state index contributed by atoms with van der Waals surface area (Å²) in [6.45, 7) is 11.0. The molecule has 1 saturated carbocycles. The van der Waals surface area contributed by atoms with Crippen molar-refractivity contribution in [2.75, 3.05) is 19.6 Å². The summed E-state index contributed by atoms with van der Waals surface area (Å²) in [4.78, 5) is 2.79. The predicted octanol–water partition coefficient (Wildman–Crippen LogP) is 3.42. The van der Waals surface area contributed by atoms with Crippen LogP contribution in [-0.2, 0) is 0 Å². The second-order valence-corrected chi connectivity index (χ2v) is 6.76. The van der Waals surface area contributed by atoms with E-state index in [1.807, 2.05) is 0 Å². The smallest absolute Gasteiger partial charge is 0.0249 e. The van der Waals surface area contributed by atoms with Crippen LogP contribution in [0.15, 0.2) is 0 Å². The second kappa shape index (κ2) is 6.38. The van der Waals surface area contributed by atoms with Gasteiger partial charge >= 0.3 is 0 Å². The standard InChI is InChI=1S/C16H32N2/c1-4-11-17-14-7-6-8-15(14)18-12-9-16(3,5-2)10-13-18/h14-15,17H,4-13H2,1-3H3. The highest BCUT2D eigenvalue weighted by Gasteiger charge is 2.36. The molecule has 1 aliphatic carbocycles. The fourth-order valence-electron chi connectivity index (χ4n) is 3.69. The van der Waals surface area contributed by atoms with Gasteiger partial charge in [0.25, 0.3) is 0 Å².